The maximum atomic E-state index is 12.2. The molecule has 0 bridgehead atoms. The molecule has 0 saturated heterocycles. The highest BCUT2D eigenvalue weighted by molar-refractivity contribution is 5.04. The summed E-state index contributed by atoms with van der Waals surface area (Å²) in [6, 6.07) is 1.24. The van der Waals surface area contributed by atoms with Gasteiger partial charge in [-0.15, -0.1) is 0 Å². The monoisotopic (exact) mass is 320 g/mol. The SMILES string of the molecule is CCCNCc1cc(COC(C(F)(F)F)C(F)(F)F)on1. The average molecular weight is 320 g/mol. The van der Waals surface area contributed by atoms with Gasteiger partial charge < -0.3 is 14.6 Å². The molecule has 0 unspecified atom stereocenters. The van der Waals surface area contributed by atoms with E-state index in [0.717, 1.165) is 6.42 Å². The predicted octanol–water partition coefficient (Wildman–Crippen LogP) is 3.18. The molecule has 0 saturated carbocycles. The Morgan fingerprint density at radius 3 is 2.38 bits per heavy atom. The number of rotatable bonds is 7. The molecular weight excluding hydrogens is 306 g/mol. The summed E-state index contributed by atoms with van der Waals surface area (Å²) >= 11 is 0. The first-order chi connectivity index (χ1) is 9.64. The molecule has 0 amide bonds. The normalized spacial score (nSPS) is 13.1. The quantitative estimate of drug-likeness (QED) is 0.619. The van der Waals surface area contributed by atoms with E-state index in [9.17, 15) is 26.3 Å². The van der Waals surface area contributed by atoms with Gasteiger partial charge in [0, 0.05) is 12.6 Å². The maximum Gasteiger partial charge on any atom is 0.423 e. The second-order valence-electron chi connectivity index (χ2n) is 4.24. The van der Waals surface area contributed by atoms with Crippen molar-refractivity contribution in [3.05, 3.63) is 17.5 Å². The molecular formula is C11H14F6N2O2. The van der Waals surface area contributed by atoms with E-state index in [2.05, 4.69) is 19.7 Å². The highest BCUT2D eigenvalue weighted by Gasteiger charge is 2.58. The Labute approximate surface area is 116 Å². The van der Waals surface area contributed by atoms with Gasteiger partial charge in [-0.05, 0) is 13.0 Å². The summed E-state index contributed by atoms with van der Waals surface area (Å²) < 4.78 is 81.9. The van der Waals surface area contributed by atoms with E-state index in [1.165, 1.54) is 6.07 Å². The van der Waals surface area contributed by atoms with Crippen LogP contribution in [0.2, 0.25) is 0 Å². The van der Waals surface area contributed by atoms with E-state index in [1.807, 2.05) is 6.92 Å². The van der Waals surface area contributed by atoms with Crippen LogP contribution in [0.25, 0.3) is 0 Å². The van der Waals surface area contributed by atoms with Crippen LogP contribution in [-0.2, 0) is 17.9 Å². The molecule has 0 aliphatic carbocycles. The van der Waals surface area contributed by atoms with Crippen molar-refractivity contribution in [2.75, 3.05) is 6.54 Å². The van der Waals surface area contributed by atoms with E-state index >= 15 is 0 Å². The molecule has 0 aromatic carbocycles. The van der Waals surface area contributed by atoms with Crippen LogP contribution in [0.1, 0.15) is 24.8 Å². The third kappa shape index (κ3) is 5.92. The molecule has 1 rings (SSSR count). The zero-order chi connectivity index (χ0) is 16.1. The lowest BCUT2D eigenvalue weighted by Crippen LogP contribution is -2.44. The van der Waals surface area contributed by atoms with E-state index in [0.29, 0.717) is 18.8 Å². The topological polar surface area (TPSA) is 47.3 Å². The van der Waals surface area contributed by atoms with Gasteiger partial charge in [-0.3, -0.25) is 0 Å². The number of alkyl halides is 6. The number of aromatic nitrogens is 1. The third-order valence-corrected chi connectivity index (χ3v) is 2.33. The molecule has 10 heteroatoms. The molecule has 122 valence electrons. The standard InChI is InChI=1S/C11H14F6N2O2/c1-2-3-18-5-7-4-8(21-19-7)6-20-9(10(12,13)14)11(15,16)17/h4,9,18H,2-3,5-6H2,1H3. The molecule has 0 radical (unpaired) electrons. The van der Waals surface area contributed by atoms with E-state index in [1.54, 1.807) is 0 Å². The maximum absolute atomic E-state index is 12.2. The number of ether oxygens (including phenoxy) is 1. The largest absolute Gasteiger partial charge is 0.423 e. The number of halogens is 6. The van der Waals surface area contributed by atoms with Crippen LogP contribution in [0.5, 0.6) is 0 Å². The molecule has 1 N–H and O–H groups in total. The first kappa shape index (κ1) is 17.8. The molecule has 1 heterocycles. The van der Waals surface area contributed by atoms with E-state index in [-0.39, 0.29) is 5.76 Å². The van der Waals surface area contributed by atoms with Gasteiger partial charge in [0.05, 0.1) is 5.69 Å². The molecule has 0 atom stereocenters. The molecule has 21 heavy (non-hydrogen) atoms. The highest BCUT2D eigenvalue weighted by Crippen LogP contribution is 2.36. The van der Waals surface area contributed by atoms with Crippen molar-refractivity contribution in [2.24, 2.45) is 0 Å². The van der Waals surface area contributed by atoms with Crippen molar-refractivity contribution in [1.29, 1.82) is 0 Å². The van der Waals surface area contributed by atoms with Crippen LogP contribution >= 0.6 is 0 Å². The summed E-state index contributed by atoms with van der Waals surface area (Å²) in [7, 11) is 0. The van der Waals surface area contributed by atoms with Crippen LogP contribution < -0.4 is 5.32 Å². The summed E-state index contributed by atoms with van der Waals surface area (Å²) in [6.07, 6.45) is -14.1. The van der Waals surface area contributed by atoms with Crippen LogP contribution in [0, 0.1) is 0 Å². The van der Waals surface area contributed by atoms with Crippen LogP contribution in [0.15, 0.2) is 10.6 Å². The molecule has 0 aliphatic heterocycles. The van der Waals surface area contributed by atoms with Crippen LogP contribution in [0.3, 0.4) is 0 Å². The zero-order valence-electron chi connectivity index (χ0n) is 11.0. The number of hydrogen-bond donors (Lipinski definition) is 1. The Bertz CT molecular complexity index is 415. The van der Waals surface area contributed by atoms with E-state index in [4.69, 9.17) is 0 Å². The third-order valence-electron chi connectivity index (χ3n) is 2.33. The molecule has 1 aromatic heterocycles. The average Bonchev–Trinajstić information content (AvgIpc) is 2.74. The number of nitrogens with one attached hydrogen (secondary N) is 1. The lowest BCUT2D eigenvalue weighted by atomic mass is 10.3. The van der Waals surface area contributed by atoms with Gasteiger partial charge in [-0.2, -0.15) is 26.3 Å². The van der Waals surface area contributed by atoms with Crippen molar-refractivity contribution in [2.45, 2.75) is 45.0 Å². The van der Waals surface area contributed by atoms with Crippen molar-refractivity contribution < 1.29 is 35.6 Å². The van der Waals surface area contributed by atoms with Crippen LogP contribution in [-0.4, -0.2) is 30.2 Å². The lowest BCUT2D eigenvalue weighted by molar-refractivity contribution is -0.325. The fourth-order valence-electron chi connectivity index (χ4n) is 1.44. The van der Waals surface area contributed by atoms with Crippen molar-refractivity contribution >= 4 is 0 Å². The fraction of sp³-hybridized carbons (Fsp3) is 0.727. The van der Waals surface area contributed by atoms with Gasteiger partial charge in [0.15, 0.2) is 5.76 Å². The Kier molecular flexibility index (Phi) is 6.02. The summed E-state index contributed by atoms with van der Waals surface area (Å²) in [6.45, 7) is 1.97. The van der Waals surface area contributed by atoms with Crippen molar-refractivity contribution in [3.8, 4) is 0 Å². The van der Waals surface area contributed by atoms with Gasteiger partial charge in [0.25, 0.3) is 0 Å². The summed E-state index contributed by atoms with van der Waals surface area (Å²) in [5.41, 5.74) is 0.373. The molecule has 1 aromatic rings. The van der Waals surface area contributed by atoms with Crippen molar-refractivity contribution in [1.82, 2.24) is 10.5 Å². The highest BCUT2D eigenvalue weighted by atomic mass is 19.4. The fourth-order valence-corrected chi connectivity index (χ4v) is 1.44. The second kappa shape index (κ2) is 7.12. The summed E-state index contributed by atoms with van der Waals surface area (Å²) in [5, 5.41) is 6.47. The molecule has 0 fully saturated rings. The Balaban J connectivity index is 2.57. The minimum Gasteiger partial charge on any atom is -0.359 e. The van der Waals surface area contributed by atoms with Gasteiger partial charge in [0.1, 0.15) is 6.61 Å². The smallest absolute Gasteiger partial charge is 0.359 e. The number of hydrogen-bond acceptors (Lipinski definition) is 4. The van der Waals surface area contributed by atoms with Gasteiger partial charge in [-0.25, -0.2) is 0 Å². The number of nitrogens with zero attached hydrogens (tertiary/aromatic N) is 1. The van der Waals surface area contributed by atoms with Gasteiger partial charge in [0.2, 0.25) is 6.10 Å². The minimum atomic E-state index is -5.54. The lowest BCUT2D eigenvalue weighted by Gasteiger charge is -2.22. The predicted molar refractivity (Wildman–Crippen MR) is 59.2 cm³/mol. The summed E-state index contributed by atoms with van der Waals surface area (Å²) in [5.74, 6) is -0.207. The van der Waals surface area contributed by atoms with Crippen LogP contribution in [0.4, 0.5) is 26.3 Å². The van der Waals surface area contributed by atoms with Crippen molar-refractivity contribution in [3.63, 3.8) is 0 Å². The zero-order valence-corrected chi connectivity index (χ0v) is 11.0. The summed E-state index contributed by atoms with van der Waals surface area (Å²) in [4.78, 5) is 0. The molecule has 0 spiro atoms. The van der Waals surface area contributed by atoms with Gasteiger partial charge >= 0.3 is 12.4 Å². The Morgan fingerprint density at radius 2 is 1.86 bits per heavy atom. The molecule has 0 aliphatic rings. The second-order valence-corrected chi connectivity index (χ2v) is 4.24. The minimum absolute atomic E-state index is 0.207. The van der Waals surface area contributed by atoms with E-state index < -0.39 is 25.1 Å². The first-order valence-electron chi connectivity index (χ1n) is 6.04. The van der Waals surface area contributed by atoms with Gasteiger partial charge in [-0.1, -0.05) is 12.1 Å². The first-order valence-corrected chi connectivity index (χ1v) is 6.04. The Morgan fingerprint density at radius 1 is 1.24 bits per heavy atom. The Hall–Kier alpha value is -1.29. The molecule has 4 nitrogen and oxygen atoms in total.